The molecule has 0 bridgehead atoms. The molecule has 6 heteroatoms. The fourth-order valence-electron chi connectivity index (χ4n) is 2.80. The van der Waals surface area contributed by atoms with E-state index in [-0.39, 0.29) is 11.8 Å². The zero-order chi connectivity index (χ0) is 13.2. The first kappa shape index (κ1) is 13.8. The molecular formula is C12H21NO4S. The van der Waals surface area contributed by atoms with E-state index in [9.17, 15) is 13.2 Å². The van der Waals surface area contributed by atoms with Gasteiger partial charge < -0.3 is 5.11 Å². The van der Waals surface area contributed by atoms with Gasteiger partial charge in [0, 0.05) is 6.54 Å². The van der Waals surface area contributed by atoms with Crippen LogP contribution < -0.4 is 4.72 Å². The van der Waals surface area contributed by atoms with E-state index < -0.39 is 21.4 Å². The Kier molecular flexibility index (Phi) is 3.96. The Morgan fingerprint density at radius 1 is 1.17 bits per heavy atom. The molecule has 2 rings (SSSR count). The number of carboxylic acids is 1. The van der Waals surface area contributed by atoms with Gasteiger partial charge in [0.25, 0.3) is 0 Å². The van der Waals surface area contributed by atoms with Gasteiger partial charge >= 0.3 is 5.97 Å². The maximum atomic E-state index is 12.1. The molecule has 2 aliphatic rings. The van der Waals surface area contributed by atoms with E-state index in [0.717, 1.165) is 25.7 Å². The van der Waals surface area contributed by atoms with Crippen LogP contribution in [-0.4, -0.2) is 31.3 Å². The van der Waals surface area contributed by atoms with Gasteiger partial charge in [-0.3, -0.25) is 4.79 Å². The fourth-order valence-corrected chi connectivity index (χ4v) is 4.47. The van der Waals surface area contributed by atoms with Crippen LogP contribution in [0, 0.1) is 5.41 Å². The maximum Gasteiger partial charge on any atom is 0.310 e. The Bertz CT molecular complexity index is 408. The molecule has 104 valence electrons. The largest absolute Gasteiger partial charge is 0.481 e. The molecule has 2 N–H and O–H groups in total. The average Bonchev–Trinajstić information content (AvgIpc) is 2.28. The van der Waals surface area contributed by atoms with E-state index in [1.807, 2.05) is 0 Å². The topological polar surface area (TPSA) is 83.5 Å². The molecule has 2 fully saturated rings. The second-order valence-electron chi connectivity index (χ2n) is 5.57. The summed E-state index contributed by atoms with van der Waals surface area (Å²) in [6.07, 6.45) is 6.45. The third-order valence-electron chi connectivity index (χ3n) is 4.37. The lowest BCUT2D eigenvalue weighted by atomic mass is 9.69. The summed E-state index contributed by atoms with van der Waals surface area (Å²) >= 11 is 0. The first-order valence-electron chi connectivity index (χ1n) is 6.68. The van der Waals surface area contributed by atoms with Crippen LogP contribution in [0.15, 0.2) is 0 Å². The van der Waals surface area contributed by atoms with Gasteiger partial charge in [0.05, 0.1) is 10.7 Å². The number of hydrogen-bond acceptors (Lipinski definition) is 3. The third kappa shape index (κ3) is 2.69. The van der Waals surface area contributed by atoms with E-state index >= 15 is 0 Å². The number of carbonyl (C=O) groups is 1. The number of sulfonamides is 1. The predicted octanol–water partition coefficient (Wildman–Crippen LogP) is 1.49. The standard InChI is InChI=1S/C12H21NO4S/c14-11(15)12(7-4-8-12)9-13-18(16,17)10-5-2-1-3-6-10/h10,13H,1-9H2,(H,14,15). The first-order valence-corrected chi connectivity index (χ1v) is 8.23. The van der Waals surface area contributed by atoms with Crippen LogP contribution in [0.5, 0.6) is 0 Å². The monoisotopic (exact) mass is 275 g/mol. The van der Waals surface area contributed by atoms with E-state index in [1.165, 1.54) is 0 Å². The molecule has 0 aliphatic heterocycles. The Morgan fingerprint density at radius 2 is 1.78 bits per heavy atom. The number of nitrogens with one attached hydrogen (secondary N) is 1. The van der Waals surface area contributed by atoms with Crippen molar-refractivity contribution in [3.63, 3.8) is 0 Å². The number of aliphatic carboxylic acids is 1. The van der Waals surface area contributed by atoms with Crippen LogP contribution in [0.1, 0.15) is 51.4 Å². The van der Waals surface area contributed by atoms with Crippen LogP contribution >= 0.6 is 0 Å². The Balaban J connectivity index is 1.94. The van der Waals surface area contributed by atoms with Crippen LogP contribution in [0.25, 0.3) is 0 Å². The summed E-state index contributed by atoms with van der Waals surface area (Å²) in [4.78, 5) is 11.2. The van der Waals surface area contributed by atoms with Crippen molar-refractivity contribution >= 4 is 16.0 Å². The highest BCUT2D eigenvalue weighted by molar-refractivity contribution is 7.90. The van der Waals surface area contributed by atoms with Gasteiger partial charge in [0.2, 0.25) is 10.0 Å². The van der Waals surface area contributed by atoms with Gasteiger partial charge in [-0.15, -0.1) is 0 Å². The van der Waals surface area contributed by atoms with Crippen molar-refractivity contribution in [2.75, 3.05) is 6.54 Å². The molecule has 0 atom stereocenters. The summed E-state index contributed by atoms with van der Waals surface area (Å²) < 4.78 is 26.7. The summed E-state index contributed by atoms with van der Waals surface area (Å²) in [6, 6.07) is 0. The van der Waals surface area contributed by atoms with Crippen LogP contribution in [-0.2, 0) is 14.8 Å². The molecule has 0 aromatic carbocycles. The molecule has 0 radical (unpaired) electrons. The normalized spacial score (nSPS) is 24.4. The molecule has 18 heavy (non-hydrogen) atoms. The zero-order valence-corrected chi connectivity index (χ0v) is 11.3. The van der Waals surface area contributed by atoms with Crippen LogP contribution in [0.2, 0.25) is 0 Å². The van der Waals surface area contributed by atoms with Gasteiger partial charge in [0.1, 0.15) is 0 Å². The molecule has 2 saturated carbocycles. The molecule has 0 unspecified atom stereocenters. The molecule has 2 aliphatic carbocycles. The summed E-state index contributed by atoms with van der Waals surface area (Å²) in [5.74, 6) is -0.875. The van der Waals surface area contributed by atoms with E-state index in [0.29, 0.717) is 25.7 Å². The molecule has 0 saturated heterocycles. The van der Waals surface area contributed by atoms with Gasteiger partial charge in [-0.2, -0.15) is 0 Å². The number of hydrogen-bond donors (Lipinski definition) is 2. The highest BCUT2D eigenvalue weighted by atomic mass is 32.2. The molecular weight excluding hydrogens is 254 g/mol. The predicted molar refractivity (Wildman–Crippen MR) is 67.7 cm³/mol. The second-order valence-corrected chi connectivity index (χ2v) is 7.61. The lowest BCUT2D eigenvalue weighted by Gasteiger charge is -2.38. The number of carboxylic acid groups (broad SMARTS) is 1. The molecule has 0 heterocycles. The van der Waals surface area contributed by atoms with Crippen molar-refractivity contribution in [2.24, 2.45) is 5.41 Å². The molecule has 0 aromatic rings. The minimum atomic E-state index is -3.34. The van der Waals surface area contributed by atoms with Gasteiger partial charge in [-0.1, -0.05) is 25.7 Å². The second kappa shape index (κ2) is 5.17. The minimum absolute atomic E-state index is 0.0567. The SMILES string of the molecule is O=C(O)C1(CNS(=O)(=O)C2CCCCC2)CCC1. The lowest BCUT2D eigenvalue weighted by molar-refractivity contribution is -0.153. The Hall–Kier alpha value is -0.620. The summed E-state index contributed by atoms with van der Waals surface area (Å²) in [7, 11) is -3.34. The van der Waals surface area contributed by atoms with Crippen molar-refractivity contribution in [3.8, 4) is 0 Å². The van der Waals surface area contributed by atoms with Crippen molar-refractivity contribution in [3.05, 3.63) is 0 Å². The smallest absolute Gasteiger partial charge is 0.310 e. The molecule has 0 spiro atoms. The van der Waals surface area contributed by atoms with Crippen LogP contribution in [0.4, 0.5) is 0 Å². The first-order chi connectivity index (χ1) is 8.46. The van der Waals surface area contributed by atoms with Gasteiger partial charge in [-0.05, 0) is 25.7 Å². The summed E-state index contributed by atoms with van der Waals surface area (Å²) in [5.41, 5.74) is -0.845. The van der Waals surface area contributed by atoms with E-state index in [4.69, 9.17) is 5.11 Å². The zero-order valence-electron chi connectivity index (χ0n) is 10.5. The van der Waals surface area contributed by atoms with Crippen LogP contribution in [0.3, 0.4) is 0 Å². The highest BCUT2D eigenvalue weighted by Crippen LogP contribution is 2.40. The van der Waals surface area contributed by atoms with E-state index in [1.54, 1.807) is 0 Å². The van der Waals surface area contributed by atoms with Crippen molar-refractivity contribution in [2.45, 2.75) is 56.6 Å². The quantitative estimate of drug-likeness (QED) is 0.796. The van der Waals surface area contributed by atoms with Gasteiger partial charge in [-0.25, -0.2) is 13.1 Å². The van der Waals surface area contributed by atoms with E-state index in [2.05, 4.69) is 4.72 Å². The third-order valence-corrected chi connectivity index (χ3v) is 6.26. The number of rotatable bonds is 5. The molecule has 0 amide bonds. The fraction of sp³-hybridized carbons (Fsp3) is 0.917. The molecule has 0 aromatic heterocycles. The van der Waals surface area contributed by atoms with Crippen molar-refractivity contribution in [1.29, 1.82) is 0 Å². The Morgan fingerprint density at radius 3 is 2.22 bits per heavy atom. The van der Waals surface area contributed by atoms with Crippen molar-refractivity contribution < 1.29 is 18.3 Å². The van der Waals surface area contributed by atoms with Crippen molar-refractivity contribution in [1.82, 2.24) is 4.72 Å². The summed E-state index contributed by atoms with van der Waals surface area (Å²) in [6.45, 7) is 0.0567. The Labute approximate surface area is 108 Å². The maximum absolute atomic E-state index is 12.1. The highest BCUT2D eigenvalue weighted by Gasteiger charge is 2.45. The lowest BCUT2D eigenvalue weighted by Crippen LogP contribution is -2.49. The molecule has 5 nitrogen and oxygen atoms in total. The summed E-state index contributed by atoms with van der Waals surface area (Å²) in [5, 5.41) is 8.83. The minimum Gasteiger partial charge on any atom is -0.481 e. The van der Waals surface area contributed by atoms with Gasteiger partial charge in [0.15, 0.2) is 0 Å². The average molecular weight is 275 g/mol.